The fourth-order valence-electron chi connectivity index (χ4n) is 6.13. The zero-order valence-electron chi connectivity index (χ0n) is 25.1. The summed E-state index contributed by atoms with van der Waals surface area (Å²) in [5, 5.41) is 0.769. The fraction of sp³-hybridized carbons (Fsp3) is 0.515. The number of nitrogens with zero attached hydrogens (tertiary/aromatic N) is 3. The number of aromatic nitrogens is 1. The van der Waals surface area contributed by atoms with E-state index in [1.807, 2.05) is 70.1 Å². The number of ether oxygens (including phenoxy) is 2. The highest BCUT2D eigenvalue weighted by Crippen LogP contribution is 2.38. The van der Waals surface area contributed by atoms with Crippen molar-refractivity contribution in [2.24, 2.45) is 5.92 Å². The second kappa shape index (κ2) is 12.3. The summed E-state index contributed by atoms with van der Waals surface area (Å²) in [5.41, 5.74) is 1.88. The van der Waals surface area contributed by atoms with Crippen molar-refractivity contribution >= 4 is 34.5 Å². The third-order valence-electron chi connectivity index (χ3n) is 8.28. The summed E-state index contributed by atoms with van der Waals surface area (Å²) in [6.45, 7) is 6.86. The third-order valence-corrected chi connectivity index (χ3v) is 8.60. The average molecular weight is 598 g/mol. The summed E-state index contributed by atoms with van der Waals surface area (Å²) >= 11 is 6.45. The van der Waals surface area contributed by atoms with E-state index in [1.54, 1.807) is 10.6 Å². The van der Waals surface area contributed by atoms with Gasteiger partial charge in [-0.25, -0.2) is 13.8 Å². The maximum atomic E-state index is 13.6. The SMILES string of the molecule is CN(C)C1CCC(Cl)OC1c1cc2cc(C(=O)N3CCC(Cc4ccc(F)cc4)CC3)ccc2n1C(=O)OC(C)(C)C. The molecular weight excluding hydrogens is 557 g/mol. The van der Waals surface area contributed by atoms with Crippen molar-refractivity contribution in [3.63, 3.8) is 0 Å². The predicted octanol–water partition coefficient (Wildman–Crippen LogP) is 7.01. The molecule has 0 saturated carbocycles. The zero-order valence-corrected chi connectivity index (χ0v) is 25.9. The minimum atomic E-state index is -0.687. The van der Waals surface area contributed by atoms with Crippen molar-refractivity contribution in [1.29, 1.82) is 0 Å². The Labute approximate surface area is 252 Å². The maximum absolute atomic E-state index is 13.6. The molecule has 9 heteroatoms. The molecule has 42 heavy (non-hydrogen) atoms. The fourth-order valence-corrected chi connectivity index (χ4v) is 6.37. The Morgan fingerprint density at radius 1 is 1.02 bits per heavy atom. The minimum Gasteiger partial charge on any atom is -0.443 e. The van der Waals surface area contributed by atoms with E-state index in [4.69, 9.17) is 21.1 Å². The van der Waals surface area contributed by atoms with Gasteiger partial charge in [0.15, 0.2) is 0 Å². The van der Waals surface area contributed by atoms with E-state index in [2.05, 4.69) is 4.90 Å². The van der Waals surface area contributed by atoms with Gasteiger partial charge in [-0.3, -0.25) is 4.79 Å². The third kappa shape index (κ3) is 6.82. The number of hydrogen-bond donors (Lipinski definition) is 0. The summed E-state index contributed by atoms with van der Waals surface area (Å²) < 4.78 is 26.9. The summed E-state index contributed by atoms with van der Waals surface area (Å²) in [5.74, 6) is 0.208. The van der Waals surface area contributed by atoms with E-state index in [-0.39, 0.29) is 17.8 Å². The van der Waals surface area contributed by atoms with Crippen LogP contribution in [0.2, 0.25) is 0 Å². The molecule has 3 atom stereocenters. The van der Waals surface area contributed by atoms with Crippen LogP contribution in [0.1, 0.15) is 74.2 Å². The van der Waals surface area contributed by atoms with Gasteiger partial charge in [0.2, 0.25) is 0 Å². The van der Waals surface area contributed by atoms with Crippen LogP contribution in [0.4, 0.5) is 9.18 Å². The van der Waals surface area contributed by atoms with Gasteiger partial charge in [-0.2, -0.15) is 0 Å². The molecule has 0 aliphatic carbocycles. The normalized spacial score (nSPS) is 22.1. The molecule has 1 amide bonds. The molecule has 0 bridgehead atoms. The highest BCUT2D eigenvalue weighted by atomic mass is 35.5. The second-order valence-electron chi connectivity index (χ2n) is 12.8. The number of amides is 1. The number of likely N-dealkylation sites (N-methyl/N-ethyl adjacent to an activating group) is 1. The Morgan fingerprint density at radius 3 is 2.36 bits per heavy atom. The average Bonchev–Trinajstić information content (AvgIpc) is 3.32. The molecule has 2 aliphatic rings. The van der Waals surface area contributed by atoms with Crippen LogP contribution >= 0.6 is 11.6 Å². The first-order valence-corrected chi connectivity index (χ1v) is 15.2. The molecule has 2 aromatic carbocycles. The first kappa shape index (κ1) is 30.5. The Bertz CT molecular complexity index is 1420. The molecule has 0 spiro atoms. The molecule has 5 rings (SSSR count). The van der Waals surface area contributed by atoms with Crippen LogP contribution < -0.4 is 0 Å². The molecule has 3 unspecified atom stereocenters. The molecule has 3 heterocycles. The highest BCUT2D eigenvalue weighted by Gasteiger charge is 2.37. The van der Waals surface area contributed by atoms with E-state index in [9.17, 15) is 14.0 Å². The van der Waals surface area contributed by atoms with Gasteiger partial charge in [0, 0.05) is 30.1 Å². The molecule has 226 valence electrons. The van der Waals surface area contributed by atoms with Gasteiger partial charge in [-0.15, -0.1) is 0 Å². The van der Waals surface area contributed by atoms with E-state index < -0.39 is 23.4 Å². The first-order chi connectivity index (χ1) is 19.9. The Morgan fingerprint density at radius 2 is 1.71 bits per heavy atom. The Hall–Kier alpha value is -2.94. The second-order valence-corrected chi connectivity index (χ2v) is 13.3. The molecule has 2 fully saturated rings. The molecule has 0 radical (unpaired) electrons. The quantitative estimate of drug-likeness (QED) is 0.296. The maximum Gasteiger partial charge on any atom is 0.419 e. The molecule has 1 aromatic heterocycles. The van der Waals surface area contributed by atoms with Crippen molar-refractivity contribution in [3.05, 3.63) is 71.2 Å². The van der Waals surface area contributed by atoms with Gasteiger partial charge >= 0.3 is 6.09 Å². The van der Waals surface area contributed by atoms with E-state index in [0.29, 0.717) is 42.2 Å². The van der Waals surface area contributed by atoms with Crippen LogP contribution in [0.15, 0.2) is 48.5 Å². The topological polar surface area (TPSA) is 64.0 Å². The van der Waals surface area contributed by atoms with Gasteiger partial charge < -0.3 is 19.3 Å². The number of likely N-dealkylation sites (tertiary alicyclic amines) is 1. The number of carbonyl (C=O) groups is 2. The van der Waals surface area contributed by atoms with Crippen molar-refractivity contribution in [2.45, 2.75) is 76.2 Å². The largest absolute Gasteiger partial charge is 0.443 e. The molecular formula is C33H41ClFN3O4. The van der Waals surface area contributed by atoms with Crippen LogP contribution in [0.5, 0.6) is 0 Å². The summed E-state index contributed by atoms with van der Waals surface area (Å²) in [7, 11) is 3.99. The lowest BCUT2D eigenvalue weighted by Gasteiger charge is -2.38. The Kier molecular flexibility index (Phi) is 8.97. The monoisotopic (exact) mass is 597 g/mol. The van der Waals surface area contributed by atoms with E-state index >= 15 is 0 Å². The van der Waals surface area contributed by atoms with Gasteiger partial charge in [-0.1, -0.05) is 23.7 Å². The van der Waals surface area contributed by atoms with Crippen molar-refractivity contribution < 1.29 is 23.5 Å². The number of piperidine rings is 1. The lowest BCUT2D eigenvalue weighted by Crippen LogP contribution is -2.41. The standard InChI is InChI=1S/C33H41ClFN3O4/c1-33(2,3)42-32(40)38-26-11-8-23(19-24(26)20-28(38)30-27(36(4)5)12-13-29(34)41-30)31(39)37-16-14-22(15-17-37)18-21-6-9-25(35)10-7-21/h6-11,19-20,22,27,29-30H,12-18H2,1-5H3. The van der Waals surface area contributed by atoms with Crippen LogP contribution in [0, 0.1) is 11.7 Å². The summed E-state index contributed by atoms with van der Waals surface area (Å²) in [4.78, 5) is 31.1. The summed E-state index contributed by atoms with van der Waals surface area (Å²) in [6.07, 6.45) is 3.28. The van der Waals surface area contributed by atoms with Gasteiger partial charge in [-0.05, 0) is 115 Å². The zero-order chi connectivity index (χ0) is 30.2. The smallest absolute Gasteiger partial charge is 0.419 e. The minimum absolute atomic E-state index is 0.0165. The molecule has 2 aliphatic heterocycles. The first-order valence-electron chi connectivity index (χ1n) is 14.8. The predicted molar refractivity (Wildman–Crippen MR) is 162 cm³/mol. The number of benzene rings is 2. The molecule has 0 N–H and O–H groups in total. The van der Waals surface area contributed by atoms with E-state index in [1.165, 1.54) is 12.1 Å². The van der Waals surface area contributed by atoms with Gasteiger partial charge in [0.1, 0.15) is 23.1 Å². The lowest BCUT2D eigenvalue weighted by molar-refractivity contribution is -0.0625. The van der Waals surface area contributed by atoms with Crippen LogP contribution in [-0.2, 0) is 15.9 Å². The summed E-state index contributed by atoms with van der Waals surface area (Å²) in [6, 6.07) is 14.1. The van der Waals surface area contributed by atoms with Crippen LogP contribution in [-0.4, -0.2) is 70.8 Å². The van der Waals surface area contributed by atoms with Crippen molar-refractivity contribution in [3.8, 4) is 0 Å². The number of halogens is 2. The van der Waals surface area contributed by atoms with Gasteiger partial charge in [0.25, 0.3) is 5.91 Å². The van der Waals surface area contributed by atoms with Crippen LogP contribution in [0.25, 0.3) is 10.9 Å². The van der Waals surface area contributed by atoms with Crippen LogP contribution in [0.3, 0.4) is 0 Å². The molecule has 7 nitrogen and oxygen atoms in total. The lowest BCUT2D eigenvalue weighted by atomic mass is 9.90. The van der Waals surface area contributed by atoms with Crippen molar-refractivity contribution in [2.75, 3.05) is 27.2 Å². The molecule has 2 saturated heterocycles. The number of alkyl halides is 1. The number of carbonyl (C=O) groups excluding carboxylic acids is 2. The van der Waals surface area contributed by atoms with Crippen molar-refractivity contribution in [1.82, 2.24) is 14.4 Å². The Balaban J connectivity index is 1.40. The van der Waals surface area contributed by atoms with Gasteiger partial charge in [0.05, 0.1) is 11.2 Å². The number of rotatable bonds is 5. The number of fused-ring (bicyclic) bond motifs is 1. The molecule has 3 aromatic rings. The van der Waals surface area contributed by atoms with E-state index in [0.717, 1.165) is 36.6 Å². The highest BCUT2D eigenvalue weighted by molar-refractivity contribution is 6.19. The number of hydrogen-bond acceptors (Lipinski definition) is 5.